The normalized spacial score (nSPS) is 17.0. The zero-order valence-corrected chi connectivity index (χ0v) is 14.5. The zero-order chi connectivity index (χ0) is 18.2. The average molecular weight is 387 g/mol. The van der Waals surface area contributed by atoms with Crippen molar-refractivity contribution in [1.29, 1.82) is 0 Å². The van der Waals surface area contributed by atoms with E-state index in [-0.39, 0.29) is 35.0 Å². The van der Waals surface area contributed by atoms with Crippen LogP contribution in [0.5, 0.6) is 0 Å². The van der Waals surface area contributed by atoms with E-state index in [0.29, 0.717) is 29.0 Å². The molecule has 0 fully saturated rings. The van der Waals surface area contributed by atoms with Crippen LogP contribution in [0.15, 0.2) is 41.3 Å². The number of aliphatic hydroxyl groups excluding tert-OH is 1. The Labute approximate surface area is 152 Å². The Hall–Kier alpha value is -1.50. The van der Waals surface area contributed by atoms with E-state index >= 15 is 0 Å². The Kier molecular flexibility index (Phi) is 5.14. The fraction of sp³-hybridized carbons (Fsp3) is 0.278. The zero-order valence-electron chi connectivity index (χ0n) is 12.9. The summed E-state index contributed by atoms with van der Waals surface area (Å²) in [6.45, 7) is -0.191. The molecule has 1 atom stereocenters. The van der Waals surface area contributed by atoms with Crippen molar-refractivity contribution in [1.82, 2.24) is 0 Å². The maximum atomic E-state index is 12.5. The molecule has 25 heavy (non-hydrogen) atoms. The number of Topliss-reactive ketones (excluding diaryl/α,β-unsaturated/α-hetero) is 1. The molecular weight excluding hydrogens is 373 g/mol. The number of halogens is 4. The average Bonchev–Trinajstić information content (AvgIpc) is 2.86. The van der Waals surface area contributed by atoms with Gasteiger partial charge in [0.05, 0.1) is 11.6 Å². The van der Waals surface area contributed by atoms with Gasteiger partial charge in [0.1, 0.15) is 0 Å². The van der Waals surface area contributed by atoms with Gasteiger partial charge >= 0.3 is 5.51 Å². The molecule has 1 aliphatic carbocycles. The van der Waals surface area contributed by atoms with Gasteiger partial charge in [-0.05, 0) is 53.4 Å². The lowest BCUT2D eigenvalue weighted by Crippen LogP contribution is -2.12. The highest BCUT2D eigenvalue weighted by atomic mass is 35.5. The number of ketones is 1. The van der Waals surface area contributed by atoms with Crippen molar-refractivity contribution in [3.63, 3.8) is 0 Å². The molecule has 2 aromatic carbocycles. The van der Waals surface area contributed by atoms with Crippen LogP contribution in [0, 0.1) is 5.92 Å². The minimum absolute atomic E-state index is 0.0184. The van der Waals surface area contributed by atoms with E-state index in [1.807, 2.05) is 0 Å². The van der Waals surface area contributed by atoms with E-state index in [1.165, 1.54) is 12.1 Å². The fourth-order valence-electron chi connectivity index (χ4n) is 3.06. The summed E-state index contributed by atoms with van der Waals surface area (Å²) in [4.78, 5) is 12.7. The highest BCUT2D eigenvalue weighted by Gasteiger charge is 2.33. The molecule has 0 saturated carbocycles. The number of hydrogen-bond donors (Lipinski definition) is 1. The van der Waals surface area contributed by atoms with Crippen molar-refractivity contribution >= 4 is 29.1 Å². The van der Waals surface area contributed by atoms with E-state index in [1.54, 1.807) is 24.3 Å². The predicted octanol–water partition coefficient (Wildman–Crippen LogP) is 5.04. The molecular formula is C18H14ClF3O2S. The molecule has 0 heterocycles. The number of alkyl halides is 3. The van der Waals surface area contributed by atoms with E-state index in [2.05, 4.69) is 0 Å². The SMILES string of the molecule is O=C1c2ccc(CO)c(Cl)c2CC1Cc1ccc(SC(F)(F)F)cc1. The molecule has 1 unspecified atom stereocenters. The molecule has 7 heteroatoms. The largest absolute Gasteiger partial charge is 0.446 e. The third-order valence-electron chi connectivity index (χ3n) is 4.22. The van der Waals surface area contributed by atoms with E-state index in [0.717, 1.165) is 11.1 Å². The van der Waals surface area contributed by atoms with Crippen LogP contribution in [0.3, 0.4) is 0 Å². The summed E-state index contributed by atoms with van der Waals surface area (Å²) in [7, 11) is 0. The lowest BCUT2D eigenvalue weighted by atomic mass is 9.96. The summed E-state index contributed by atoms with van der Waals surface area (Å²) in [5, 5.41) is 9.70. The second-order valence-corrected chi connectivity index (χ2v) is 7.40. The fourth-order valence-corrected chi connectivity index (χ4v) is 3.90. The first-order chi connectivity index (χ1) is 11.8. The van der Waals surface area contributed by atoms with Gasteiger partial charge < -0.3 is 5.11 Å². The second kappa shape index (κ2) is 7.02. The van der Waals surface area contributed by atoms with Crippen molar-refractivity contribution in [2.75, 3.05) is 0 Å². The van der Waals surface area contributed by atoms with Crippen molar-refractivity contribution in [2.24, 2.45) is 5.92 Å². The molecule has 3 rings (SSSR count). The number of thioether (sulfide) groups is 1. The summed E-state index contributed by atoms with van der Waals surface area (Å²) in [5.41, 5.74) is -1.62. The lowest BCUT2D eigenvalue weighted by molar-refractivity contribution is -0.0328. The summed E-state index contributed by atoms with van der Waals surface area (Å²) >= 11 is 6.09. The van der Waals surface area contributed by atoms with Gasteiger partial charge in [-0.25, -0.2) is 0 Å². The van der Waals surface area contributed by atoms with Gasteiger partial charge in [-0.15, -0.1) is 0 Å². The molecule has 0 spiro atoms. The van der Waals surface area contributed by atoms with Crippen LogP contribution >= 0.6 is 23.4 Å². The molecule has 0 saturated heterocycles. The van der Waals surface area contributed by atoms with Gasteiger partial charge in [0.15, 0.2) is 5.78 Å². The van der Waals surface area contributed by atoms with Crippen LogP contribution in [0.1, 0.15) is 27.0 Å². The van der Waals surface area contributed by atoms with Gasteiger partial charge in [-0.1, -0.05) is 35.9 Å². The minimum Gasteiger partial charge on any atom is -0.392 e. The standard InChI is InChI=1S/C18H14ClF3O2S/c19-16-11(9-23)3-6-14-15(16)8-12(17(14)24)7-10-1-4-13(5-2-10)25-18(20,21)22/h1-6,12,23H,7-9H2. The number of fused-ring (bicyclic) bond motifs is 1. The topological polar surface area (TPSA) is 37.3 Å². The Morgan fingerprint density at radius 3 is 2.44 bits per heavy atom. The van der Waals surface area contributed by atoms with Crippen LogP contribution in [-0.4, -0.2) is 16.4 Å². The van der Waals surface area contributed by atoms with E-state index in [4.69, 9.17) is 11.6 Å². The number of carbonyl (C=O) groups is 1. The number of aliphatic hydroxyl groups is 1. The predicted molar refractivity (Wildman–Crippen MR) is 91.0 cm³/mol. The van der Waals surface area contributed by atoms with Crippen molar-refractivity contribution < 1.29 is 23.1 Å². The summed E-state index contributed by atoms with van der Waals surface area (Å²) in [6.07, 6.45) is 0.912. The molecule has 2 aromatic rings. The Bertz CT molecular complexity index is 803. The number of benzene rings is 2. The van der Waals surface area contributed by atoms with Crippen LogP contribution in [0.2, 0.25) is 5.02 Å². The molecule has 0 aromatic heterocycles. The van der Waals surface area contributed by atoms with Gasteiger partial charge in [-0.2, -0.15) is 13.2 Å². The van der Waals surface area contributed by atoms with E-state index in [9.17, 15) is 23.1 Å². The van der Waals surface area contributed by atoms with Crippen LogP contribution in [0.25, 0.3) is 0 Å². The minimum atomic E-state index is -4.31. The van der Waals surface area contributed by atoms with Gasteiger partial charge in [0.2, 0.25) is 0 Å². The molecule has 0 aliphatic heterocycles. The third-order valence-corrected chi connectivity index (χ3v) is 5.43. The smallest absolute Gasteiger partial charge is 0.392 e. The van der Waals surface area contributed by atoms with E-state index < -0.39 is 5.51 Å². The molecule has 0 amide bonds. The number of carbonyl (C=O) groups excluding carboxylic acids is 1. The first-order valence-corrected chi connectivity index (χ1v) is 8.78. The van der Waals surface area contributed by atoms with Crippen LogP contribution in [-0.2, 0) is 19.4 Å². The molecule has 2 nitrogen and oxygen atoms in total. The maximum Gasteiger partial charge on any atom is 0.446 e. The third kappa shape index (κ3) is 4.02. The van der Waals surface area contributed by atoms with Crippen LogP contribution in [0.4, 0.5) is 13.2 Å². The monoisotopic (exact) mass is 386 g/mol. The molecule has 132 valence electrons. The summed E-state index contributed by atoms with van der Waals surface area (Å²) in [5.74, 6) is -0.308. The van der Waals surface area contributed by atoms with Crippen molar-refractivity contribution in [3.05, 3.63) is 63.7 Å². The van der Waals surface area contributed by atoms with Crippen molar-refractivity contribution in [3.8, 4) is 0 Å². The second-order valence-electron chi connectivity index (χ2n) is 5.88. The highest BCUT2D eigenvalue weighted by molar-refractivity contribution is 8.00. The number of rotatable bonds is 4. The summed E-state index contributed by atoms with van der Waals surface area (Å²) in [6, 6.07) is 9.38. The Balaban J connectivity index is 1.74. The highest BCUT2D eigenvalue weighted by Crippen LogP contribution is 2.38. The summed E-state index contributed by atoms with van der Waals surface area (Å²) < 4.78 is 37.1. The first-order valence-electron chi connectivity index (χ1n) is 7.58. The maximum absolute atomic E-state index is 12.5. The van der Waals surface area contributed by atoms with Crippen LogP contribution < -0.4 is 0 Å². The van der Waals surface area contributed by atoms with Crippen molar-refractivity contribution in [2.45, 2.75) is 29.9 Å². The van der Waals surface area contributed by atoms with Gasteiger partial charge in [0.25, 0.3) is 0 Å². The molecule has 0 bridgehead atoms. The Morgan fingerprint density at radius 2 is 1.84 bits per heavy atom. The molecule has 1 N–H and O–H groups in total. The lowest BCUT2D eigenvalue weighted by Gasteiger charge is -2.10. The Morgan fingerprint density at radius 1 is 1.16 bits per heavy atom. The molecule has 1 aliphatic rings. The molecule has 0 radical (unpaired) electrons. The number of hydrogen-bond acceptors (Lipinski definition) is 3. The first kappa shape index (κ1) is 18.3. The quantitative estimate of drug-likeness (QED) is 0.748. The van der Waals surface area contributed by atoms with Gasteiger partial charge in [0, 0.05) is 16.4 Å². The van der Waals surface area contributed by atoms with Gasteiger partial charge in [-0.3, -0.25) is 4.79 Å².